The highest BCUT2D eigenvalue weighted by atomic mass is 16.2. The number of carbonyl (C=O) groups is 1. The molecule has 1 aromatic rings. The minimum absolute atomic E-state index is 0.0460. The fourth-order valence-electron chi connectivity index (χ4n) is 2.09. The van der Waals surface area contributed by atoms with Gasteiger partial charge in [0.2, 0.25) is 0 Å². The lowest BCUT2D eigenvalue weighted by Gasteiger charge is -2.34. The number of hydrogen-bond donors (Lipinski definition) is 2. The van der Waals surface area contributed by atoms with Crippen molar-refractivity contribution in [1.29, 1.82) is 0 Å². The van der Waals surface area contributed by atoms with E-state index in [-0.39, 0.29) is 5.91 Å². The number of nitrogens with one attached hydrogen (secondary N) is 1. The van der Waals surface area contributed by atoms with Crippen LogP contribution in [0, 0.1) is 0 Å². The highest BCUT2D eigenvalue weighted by Gasteiger charge is 2.21. The Hall–Kier alpha value is -1.66. The Bertz CT molecular complexity index is 415. The van der Waals surface area contributed by atoms with Crippen LogP contribution < -0.4 is 11.3 Å². The molecule has 0 aromatic carbocycles. The molecule has 1 amide bonds. The number of likely N-dealkylation sites (N-methyl/N-ethyl adjacent to an activating group) is 1. The first-order valence-electron chi connectivity index (χ1n) is 6.19. The molecule has 0 saturated carbocycles. The molecule has 0 unspecified atom stereocenters. The monoisotopic (exact) mass is 249 g/mol. The van der Waals surface area contributed by atoms with E-state index < -0.39 is 0 Å². The first kappa shape index (κ1) is 12.8. The van der Waals surface area contributed by atoms with Crippen LogP contribution in [-0.4, -0.2) is 53.4 Å². The Morgan fingerprint density at radius 2 is 2.17 bits per heavy atom. The van der Waals surface area contributed by atoms with Crippen molar-refractivity contribution in [1.82, 2.24) is 14.8 Å². The summed E-state index contributed by atoms with van der Waals surface area (Å²) < 4.78 is 0. The molecule has 0 aliphatic carbocycles. The first-order chi connectivity index (χ1) is 8.74. The molecule has 0 radical (unpaired) electrons. The van der Waals surface area contributed by atoms with Crippen molar-refractivity contribution < 1.29 is 4.79 Å². The normalized spacial score (nSPS) is 16.7. The maximum Gasteiger partial charge on any atom is 0.254 e. The SMILES string of the molecule is CCN1CCN(C(=O)c2ccnc(NN)c2)CC1. The maximum atomic E-state index is 12.3. The average Bonchev–Trinajstić information content (AvgIpc) is 2.46. The Labute approximate surface area is 107 Å². The third-order valence-corrected chi connectivity index (χ3v) is 3.26. The number of aromatic nitrogens is 1. The van der Waals surface area contributed by atoms with Crippen molar-refractivity contribution in [2.24, 2.45) is 5.84 Å². The van der Waals surface area contributed by atoms with Crippen molar-refractivity contribution in [3.8, 4) is 0 Å². The summed E-state index contributed by atoms with van der Waals surface area (Å²) in [4.78, 5) is 20.5. The van der Waals surface area contributed by atoms with Gasteiger partial charge in [0, 0.05) is 37.9 Å². The summed E-state index contributed by atoms with van der Waals surface area (Å²) >= 11 is 0. The smallest absolute Gasteiger partial charge is 0.254 e. The zero-order valence-corrected chi connectivity index (χ0v) is 10.6. The predicted molar refractivity (Wildman–Crippen MR) is 70.1 cm³/mol. The molecular weight excluding hydrogens is 230 g/mol. The van der Waals surface area contributed by atoms with Crippen molar-refractivity contribution in [3.05, 3.63) is 23.9 Å². The fourth-order valence-corrected chi connectivity index (χ4v) is 2.09. The van der Waals surface area contributed by atoms with Gasteiger partial charge in [-0.15, -0.1) is 0 Å². The number of pyridine rings is 1. The number of hydrazine groups is 1. The molecule has 1 aliphatic rings. The van der Waals surface area contributed by atoms with Crippen LogP contribution in [0.25, 0.3) is 0 Å². The van der Waals surface area contributed by atoms with Crippen LogP contribution in [0.3, 0.4) is 0 Å². The van der Waals surface area contributed by atoms with Gasteiger partial charge in [0.05, 0.1) is 0 Å². The molecule has 1 fully saturated rings. The van der Waals surface area contributed by atoms with Crippen LogP contribution in [0.5, 0.6) is 0 Å². The second-order valence-corrected chi connectivity index (χ2v) is 4.30. The number of nitrogens with two attached hydrogens (primary N) is 1. The van der Waals surface area contributed by atoms with Gasteiger partial charge in [-0.1, -0.05) is 6.92 Å². The van der Waals surface area contributed by atoms with E-state index in [4.69, 9.17) is 5.84 Å². The topological polar surface area (TPSA) is 74.5 Å². The minimum Gasteiger partial charge on any atom is -0.336 e. The number of anilines is 1. The van der Waals surface area contributed by atoms with Crippen LogP contribution >= 0.6 is 0 Å². The Balaban J connectivity index is 2.03. The predicted octanol–water partition coefficient (Wildman–Crippen LogP) is 0.145. The molecule has 6 nitrogen and oxygen atoms in total. The molecular formula is C12H19N5O. The molecule has 18 heavy (non-hydrogen) atoms. The molecule has 0 spiro atoms. The molecule has 2 heterocycles. The van der Waals surface area contributed by atoms with Crippen LogP contribution in [0.1, 0.15) is 17.3 Å². The van der Waals surface area contributed by atoms with Crippen LogP contribution in [-0.2, 0) is 0 Å². The van der Waals surface area contributed by atoms with Crippen molar-refractivity contribution in [3.63, 3.8) is 0 Å². The third-order valence-electron chi connectivity index (χ3n) is 3.26. The van der Waals surface area contributed by atoms with E-state index in [1.807, 2.05) is 4.90 Å². The Kier molecular flexibility index (Phi) is 4.11. The van der Waals surface area contributed by atoms with E-state index in [0.29, 0.717) is 11.4 Å². The lowest BCUT2D eigenvalue weighted by molar-refractivity contribution is 0.0643. The number of piperazine rings is 1. The number of nitrogens with zero attached hydrogens (tertiary/aromatic N) is 3. The largest absolute Gasteiger partial charge is 0.336 e. The van der Waals surface area contributed by atoms with Gasteiger partial charge in [0.1, 0.15) is 5.82 Å². The second kappa shape index (κ2) is 5.79. The first-order valence-corrected chi connectivity index (χ1v) is 6.19. The number of carbonyl (C=O) groups excluding carboxylic acids is 1. The maximum absolute atomic E-state index is 12.3. The summed E-state index contributed by atoms with van der Waals surface area (Å²) in [6.07, 6.45) is 1.59. The van der Waals surface area contributed by atoms with Crippen molar-refractivity contribution in [2.75, 3.05) is 38.1 Å². The molecule has 98 valence electrons. The molecule has 0 bridgehead atoms. The quantitative estimate of drug-likeness (QED) is 0.589. The summed E-state index contributed by atoms with van der Waals surface area (Å²) in [5, 5.41) is 0. The molecule has 6 heteroatoms. The lowest BCUT2D eigenvalue weighted by atomic mass is 10.2. The van der Waals surface area contributed by atoms with E-state index in [2.05, 4.69) is 22.2 Å². The average molecular weight is 249 g/mol. The highest BCUT2D eigenvalue weighted by molar-refractivity contribution is 5.94. The van der Waals surface area contributed by atoms with Gasteiger partial charge in [-0.05, 0) is 18.7 Å². The van der Waals surface area contributed by atoms with Crippen LogP contribution in [0.4, 0.5) is 5.82 Å². The summed E-state index contributed by atoms with van der Waals surface area (Å²) in [5.74, 6) is 5.84. The Morgan fingerprint density at radius 1 is 1.44 bits per heavy atom. The van der Waals surface area contributed by atoms with Crippen LogP contribution in [0.15, 0.2) is 18.3 Å². The lowest BCUT2D eigenvalue weighted by Crippen LogP contribution is -2.48. The van der Waals surface area contributed by atoms with Gasteiger partial charge in [-0.3, -0.25) is 4.79 Å². The molecule has 0 atom stereocenters. The molecule has 3 N–H and O–H groups in total. The van der Waals surface area contributed by atoms with Crippen molar-refractivity contribution in [2.45, 2.75) is 6.92 Å². The third kappa shape index (κ3) is 2.77. The number of hydrogen-bond acceptors (Lipinski definition) is 5. The number of rotatable bonds is 3. The van der Waals surface area contributed by atoms with Gasteiger partial charge in [-0.2, -0.15) is 0 Å². The van der Waals surface area contributed by atoms with Gasteiger partial charge >= 0.3 is 0 Å². The number of nitrogen functional groups attached to an aromatic ring is 1. The fraction of sp³-hybridized carbons (Fsp3) is 0.500. The van der Waals surface area contributed by atoms with Crippen LogP contribution in [0.2, 0.25) is 0 Å². The van der Waals surface area contributed by atoms with Gasteiger partial charge in [-0.25, -0.2) is 10.8 Å². The van der Waals surface area contributed by atoms with E-state index in [1.165, 1.54) is 0 Å². The number of amides is 1. The second-order valence-electron chi connectivity index (χ2n) is 4.30. The Morgan fingerprint density at radius 3 is 2.78 bits per heavy atom. The van der Waals surface area contributed by atoms with Gasteiger partial charge in [0.15, 0.2) is 0 Å². The molecule has 2 rings (SSSR count). The summed E-state index contributed by atoms with van der Waals surface area (Å²) in [5.41, 5.74) is 3.08. The summed E-state index contributed by atoms with van der Waals surface area (Å²) in [6, 6.07) is 3.39. The highest BCUT2D eigenvalue weighted by Crippen LogP contribution is 2.11. The zero-order chi connectivity index (χ0) is 13.0. The summed E-state index contributed by atoms with van der Waals surface area (Å²) in [7, 11) is 0. The van der Waals surface area contributed by atoms with E-state index in [0.717, 1.165) is 32.7 Å². The van der Waals surface area contributed by atoms with Gasteiger partial charge < -0.3 is 15.2 Å². The summed E-state index contributed by atoms with van der Waals surface area (Å²) in [6.45, 7) is 6.61. The van der Waals surface area contributed by atoms with E-state index >= 15 is 0 Å². The minimum atomic E-state index is 0.0460. The van der Waals surface area contributed by atoms with Gasteiger partial charge in [0.25, 0.3) is 5.91 Å². The standard InChI is InChI=1S/C12H19N5O/c1-2-16-5-7-17(8-6-16)12(18)10-3-4-14-11(9-10)15-13/h3-4,9H,2,5-8,13H2,1H3,(H,14,15). The zero-order valence-electron chi connectivity index (χ0n) is 10.6. The molecule has 1 aromatic heterocycles. The molecule has 1 saturated heterocycles. The van der Waals surface area contributed by atoms with Crippen molar-refractivity contribution >= 4 is 11.7 Å². The molecule has 1 aliphatic heterocycles. The van der Waals surface area contributed by atoms with E-state index in [1.54, 1.807) is 18.3 Å². The van der Waals surface area contributed by atoms with E-state index in [9.17, 15) is 4.79 Å².